The molecule has 0 aromatic carbocycles. The lowest BCUT2D eigenvalue weighted by Crippen LogP contribution is -2.00. The molecule has 0 unspecified atom stereocenters. The van der Waals surface area contributed by atoms with Gasteiger partial charge in [0.25, 0.3) is 0 Å². The summed E-state index contributed by atoms with van der Waals surface area (Å²) in [5.74, 6) is 0.245. The van der Waals surface area contributed by atoms with Crippen molar-refractivity contribution in [1.82, 2.24) is 9.78 Å². The summed E-state index contributed by atoms with van der Waals surface area (Å²) in [6, 6.07) is 0. The van der Waals surface area contributed by atoms with Crippen LogP contribution in [-0.2, 0) is 6.54 Å². The number of anilines is 1. The van der Waals surface area contributed by atoms with Crippen LogP contribution < -0.4 is 5.73 Å². The Bertz CT molecular complexity index is 203. The smallest absolute Gasteiger partial charge is 0.164 e. The fourth-order valence-electron chi connectivity index (χ4n) is 0.613. The van der Waals surface area contributed by atoms with Gasteiger partial charge in [0.15, 0.2) is 5.82 Å². The molecule has 0 radical (unpaired) electrons. The van der Waals surface area contributed by atoms with Crippen LogP contribution in [0.2, 0.25) is 5.02 Å². The van der Waals surface area contributed by atoms with Crippen LogP contribution in [0.1, 0.15) is 0 Å². The van der Waals surface area contributed by atoms with Gasteiger partial charge in [-0.3, -0.25) is 4.68 Å². The average molecular weight is 164 g/mol. The highest BCUT2D eigenvalue weighted by atomic mass is 35.5. The Morgan fingerprint density at radius 3 is 2.90 bits per heavy atom. The summed E-state index contributed by atoms with van der Waals surface area (Å²) >= 11 is 5.53. The second kappa shape index (κ2) is 2.88. The van der Waals surface area contributed by atoms with Crippen molar-refractivity contribution >= 4 is 17.4 Å². The van der Waals surface area contributed by atoms with Crippen LogP contribution in [0.5, 0.6) is 0 Å². The number of nitrogens with zero attached hydrogens (tertiary/aromatic N) is 2. The van der Waals surface area contributed by atoms with Crippen molar-refractivity contribution in [2.24, 2.45) is 0 Å². The van der Waals surface area contributed by atoms with Gasteiger partial charge < -0.3 is 5.73 Å². The summed E-state index contributed by atoms with van der Waals surface area (Å²) in [5, 5.41) is 4.09. The number of nitrogen functional groups attached to an aromatic ring is 1. The summed E-state index contributed by atoms with van der Waals surface area (Å²) in [6.07, 6.45) is 1.50. The highest BCUT2D eigenvalue weighted by Crippen LogP contribution is 2.14. The van der Waals surface area contributed by atoms with Gasteiger partial charge in [0.05, 0.1) is 6.54 Å². The van der Waals surface area contributed by atoms with Crippen LogP contribution >= 0.6 is 11.6 Å². The van der Waals surface area contributed by atoms with E-state index in [1.165, 1.54) is 10.9 Å². The van der Waals surface area contributed by atoms with Crippen LogP contribution in [-0.4, -0.2) is 16.5 Å². The highest BCUT2D eigenvalue weighted by molar-refractivity contribution is 6.32. The minimum absolute atomic E-state index is 0.205. The maximum absolute atomic E-state index is 11.7. The molecule has 1 heterocycles. The Labute approximate surface area is 62.6 Å². The van der Waals surface area contributed by atoms with E-state index in [4.69, 9.17) is 17.3 Å². The van der Waals surface area contributed by atoms with E-state index < -0.39 is 6.67 Å². The number of aromatic nitrogens is 2. The zero-order valence-electron chi connectivity index (χ0n) is 5.22. The standard InChI is InChI=1S/C5H7ClFN3/c6-4-3-10(2-1-7)9-5(4)8/h3H,1-2H2,(H2,8,9). The molecule has 1 aromatic rings. The Kier molecular flexibility index (Phi) is 2.11. The predicted octanol–water partition coefficient (Wildman–Crippen LogP) is 1.09. The maximum Gasteiger partial charge on any atom is 0.164 e. The van der Waals surface area contributed by atoms with Gasteiger partial charge in [0.1, 0.15) is 11.7 Å². The van der Waals surface area contributed by atoms with E-state index in [-0.39, 0.29) is 12.4 Å². The SMILES string of the molecule is Nc1nn(CCF)cc1Cl. The van der Waals surface area contributed by atoms with Crippen molar-refractivity contribution in [2.45, 2.75) is 6.54 Å². The number of nitrogens with two attached hydrogens (primary N) is 1. The largest absolute Gasteiger partial charge is 0.381 e. The lowest BCUT2D eigenvalue weighted by molar-refractivity contribution is 0.428. The second-order valence-electron chi connectivity index (χ2n) is 1.81. The Hall–Kier alpha value is -0.770. The van der Waals surface area contributed by atoms with Gasteiger partial charge in [-0.1, -0.05) is 11.6 Å². The topological polar surface area (TPSA) is 43.8 Å². The molecule has 5 heteroatoms. The van der Waals surface area contributed by atoms with E-state index in [1.54, 1.807) is 0 Å². The summed E-state index contributed by atoms with van der Waals surface area (Å²) in [5.41, 5.74) is 5.28. The van der Waals surface area contributed by atoms with Crippen molar-refractivity contribution in [2.75, 3.05) is 12.4 Å². The quantitative estimate of drug-likeness (QED) is 0.709. The summed E-state index contributed by atoms with van der Waals surface area (Å²) in [4.78, 5) is 0. The molecule has 0 aliphatic rings. The lowest BCUT2D eigenvalue weighted by Gasteiger charge is -1.91. The molecule has 10 heavy (non-hydrogen) atoms. The predicted molar refractivity (Wildman–Crippen MR) is 37.6 cm³/mol. The number of halogens is 2. The first-order chi connectivity index (χ1) is 4.74. The van der Waals surface area contributed by atoms with Crippen molar-refractivity contribution < 1.29 is 4.39 Å². The monoisotopic (exact) mass is 163 g/mol. The average Bonchev–Trinajstić information content (AvgIpc) is 2.14. The molecule has 0 aliphatic carbocycles. The minimum atomic E-state index is -0.461. The highest BCUT2D eigenvalue weighted by Gasteiger charge is 2.00. The molecule has 0 bridgehead atoms. The second-order valence-corrected chi connectivity index (χ2v) is 2.22. The minimum Gasteiger partial charge on any atom is -0.381 e. The van der Waals surface area contributed by atoms with Crippen molar-refractivity contribution in [3.05, 3.63) is 11.2 Å². The molecular formula is C5H7ClFN3. The molecular weight excluding hydrogens is 157 g/mol. The van der Waals surface area contributed by atoms with E-state index in [0.29, 0.717) is 5.02 Å². The first-order valence-corrected chi connectivity index (χ1v) is 3.16. The Morgan fingerprint density at radius 2 is 2.50 bits per heavy atom. The zero-order valence-corrected chi connectivity index (χ0v) is 5.98. The number of aryl methyl sites for hydroxylation is 1. The van der Waals surface area contributed by atoms with Crippen molar-refractivity contribution in [1.29, 1.82) is 0 Å². The molecule has 0 saturated heterocycles. The van der Waals surface area contributed by atoms with Crippen LogP contribution in [0.15, 0.2) is 6.20 Å². The van der Waals surface area contributed by atoms with Gasteiger partial charge >= 0.3 is 0 Å². The Morgan fingerprint density at radius 1 is 1.80 bits per heavy atom. The van der Waals surface area contributed by atoms with Gasteiger partial charge in [-0.15, -0.1) is 0 Å². The first-order valence-electron chi connectivity index (χ1n) is 2.78. The van der Waals surface area contributed by atoms with Crippen LogP contribution in [0.3, 0.4) is 0 Å². The zero-order chi connectivity index (χ0) is 7.56. The van der Waals surface area contributed by atoms with E-state index >= 15 is 0 Å². The molecule has 2 N–H and O–H groups in total. The van der Waals surface area contributed by atoms with Crippen LogP contribution in [0, 0.1) is 0 Å². The molecule has 0 saturated carbocycles. The normalized spacial score (nSPS) is 10.2. The summed E-state index contributed by atoms with van der Waals surface area (Å²) < 4.78 is 13.0. The van der Waals surface area contributed by atoms with Gasteiger partial charge in [-0.2, -0.15) is 5.10 Å². The molecule has 0 atom stereocenters. The molecule has 0 amide bonds. The van der Waals surface area contributed by atoms with E-state index in [2.05, 4.69) is 5.10 Å². The van der Waals surface area contributed by atoms with Gasteiger partial charge in [0, 0.05) is 6.20 Å². The molecule has 0 spiro atoms. The molecule has 1 aromatic heterocycles. The van der Waals surface area contributed by atoms with Crippen molar-refractivity contribution in [3.63, 3.8) is 0 Å². The van der Waals surface area contributed by atoms with Gasteiger partial charge in [0.2, 0.25) is 0 Å². The number of rotatable bonds is 2. The summed E-state index contributed by atoms with van der Waals surface area (Å²) in [7, 11) is 0. The van der Waals surface area contributed by atoms with Gasteiger partial charge in [-0.25, -0.2) is 4.39 Å². The third-order valence-corrected chi connectivity index (χ3v) is 1.35. The lowest BCUT2D eigenvalue weighted by atomic mass is 10.6. The molecule has 1 rings (SSSR count). The summed E-state index contributed by atoms with van der Waals surface area (Å²) in [6.45, 7) is -0.256. The van der Waals surface area contributed by atoms with Crippen LogP contribution in [0.4, 0.5) is 10.2 Å². The van der Waals surface area contributed by atoms with Crippen molar-refractivity contribution in [3.8, 4) is 0 Å². The fraction of sp³-hybridized carbons (Fsp3) is 0.400. The Balaban J connectivity index is 2.77. The molecule has 0 fully saturated rings. The fourth-order valence-corrected chi connectivity index (χ4v) is 0.764. The third-order valence-electron chi connectivity index (χ3n) is 1.06. The molecule has 56 valence electrons. The molecule has 3 nitrogen and oxygen atoms in total. The first kappa shape index (κ1) is 7.34. The van der Waals surface area contributed by atoms with E-state index in [1.807, 2.05) is 0 Å². The number of alkyl halides is 1. The molecule has 0 aliphatic heterocycles. The maximum atomic E-state index is 11.7. The number of hydrogen-bond donors (Lipinski definition) is 1. The number of hydrogen-bond acceptors (Lipinski definition) is 2. The van der Waals surface area contributed by atoms with E-state index in [0.717, 1.165) is 0 Å². The van der Waals surface area contributed by atoms with E-state index in [9.17, 15) is 4.39 Å². The third kappa shape index (κ3) is 1.39. The van der Waals surface area contributed by atoms with Crippen LogP contribution in [0.25, 0.3) is 0 Å². The van der Waals surface area contributed by atoms with Gasteiger partial charge in [-0.05, 0) is 0 Å².